The first-order valence-electron chi connectivity index (χ1n) is 7.06. The number of rotatable bonds is 2. The van der Waals surface area contributed by atoms with E-state index in [1.165, 1.54) is 32.7 Å². The maximum atomic E-state index is 9.35. The minimum Gasteiger partial charge on any atom is -0.497 e. The van der Waals surface area contributed by atoms with E-state index in [4.69, 9.17) is 4.74 Å². The molecule has 1 aliphatic heterocycles. The fourth-order valence-electron chi connectivity index (χ4n) is 3.19. The molecule has 106 valence electrons. The summed E-state index contributed by atoms with van der Waals surface area (Å²) < 4.78 is 5.33. The number of aliphatic hydroxyl groups excluding tert-OH is 1. The lowest BCUT2D eigenvalue weighted by Crippen LogP contribution is -1.99. The molecule has 0 aromatic heterocycles. The summed E-state index contributed by atoms with van der Waals surface area (Å²) in [7, 11) is 1.71. The summed E-state index contributed by atoms with van der Waals surface area (Å²) in [5, 5.41) is 9.35. The molecule has 0 radical (unpaired) electrons. The van der Waals surface area contributed by atoms with Gasteiger partial charge in [0.15, 0.2) is 0 Å². The standard InChI is InChI=1S/C18H16O2S/c1-20-13-4-5-14-16-7-12-3-2-11(9-19)6-15(12)17(16)10-21-18(14)8-13/h2-6,8,19H,7,9-10H2,1H3. The summed E-state index contributed by atoms with van der Waals surface area (Å²) in [4.78, 5) is 1.31. The van der Waals surface area contributed by atoms with Crippen LogP contribution in [0.3, 0.4) is 0 Å². The van der Waals surface area contributed by atoms with Gasteiger partial charge in [0.2, 0.25) is 0 Å². The SMILES string of the molecule is COc1ccc2c(c1)SCC1=C2Cc2ccc(CO)cc21. The van der Waals surface area contributed by atoms with Crippen molar-refractivity contribution in [1.82, 2.24) is 0 Å². The highest BCUT2D eigenvalue weighted by atomic mass is 32.2. The van der Waals surface area contributed by atoms with Crippen LogP contribution in [0, 0.1) is 0 Å². The molecule has 0 unspecified atom stereocenters. The van der Waals surface area contributed by atoms with Gasteiger partial charge in [-0.3, -0.25) is 0 Å². The summed E-state index contributed by atoms with van der Waals surface area (Å²) in [6.07, 6.45) is 0.996. The highest BCUT2D eigenvalue weighted by Gasteiger charge is 2.28. The van der Waals surface area contributed by atoms with Crippen LogP contribution in [0.15, 0.2) is 41.3 Å². The molecule has 0 spiro atoms. The third-order valence-corrected chi connectivity index (χ3v) is 5.38. The van der Waals surface area contributed by atoms with Crippen LogP contribution in [0.25, 0.3) is 11.1 Å². The van der Waals surface area contributed by atoms with E-state index in [0.29, 0.717) is 0 Å². The van der Waals surface area contributed by atoms with Crippen molar-refractivity contribution < 1.29 is 9.84 Å². The first-order valence-corrected chi connectivity index (χ1v) is 8.05. The third kappa shape index (κ3) is 2.00. The molecular formula is C18H16O2S. The van der Waals surface area contributed by atoms with Gasteiger partial charge in [-0.15, -0.1) is 11.8 Å². The van der Waals surface area contributed by atoms with Gasteiger partial charge in [-0.2, -0.15) is 0 Å². The second-order valence-corrected chi connectivity index (χ2v) is 6.45. The third-order valence-electron chi connectivity index (χ3n) is 4.30. The Morgan fingerprint density at radius 3 is 2.81 bits per heavy atom. The van der Waals surface area contributed by atoms with E-state index in [2.05, 4.69) is 24.3 Å². The van der Waals surface area contributed by atoms with Gasteiger partial charge >= 0.3 is 0 Å². The number of hydrogen-bond acceptors (Lipinski definition) is 3. The highest BCUT2D eigenvalue weighted by molar-refractivity contribution is 7.99. The molecule has 21 heavy (non-hydrogen) atoms. The lowest BCUT2D eigenvalue weighted by atomic mass is 10.0. The number of ether oxygens (including phenoxy) is 1. The fourth-order valence-corrected chi connectivity index (χ4v) is 4.36. The molecule has 2 nitrogen and oxygen atoms in total. The number of benzene rings is 2. The van der Waals surface area contributed by atoms with Crippen LogP contribution in [0.5, 0.6) is 5.75 Å². The fraction of sp³-hybridized carbons (Fsp3) is 0.222. The van der Waals surface area contributed by atoms with Crippen LogP contribution >= 0.6 is 11.8 Å². The molecule has 4 rings (SSSR count). The van der Waals surface area contributed by atoms with Crippen molar-refractivity contribution in [3.63, 3.8) is 0 Å². The Balaban J connectivity index is 1.83. The molecule has 0 atom stereocenters. The van der Waals surface area contributed by atoms with Gasteiger partial charge in [-0.05, 0) is 64.1 Å². The van der Waals surface area contributed by atoms with Crippen LogP contribution in [0.2, 0.25) is 0 Å². The summed E-state index contributed by atoms with van der Waals surface area (Å²) in [6, 6.07) is 12.7. The molecule has 2 aromatic carbocycles. The Labute approximate surface area is 128 Å². The molecule has 2 aromatic rings. The molecule has 3 heteroatoms. The van der Waals surface area contributed by atoms with Gasteiger partial charge in [0, 0.05) is 10.6 Å². The smallest absolute Gasteiger partial charge is 0.120 e. The first-order chi connectivity index (χ1) is 10.3. The zero-order chi connectivity index (χ0) is 14.4. The predicted molar refractivity (Wildman–Crippen MR) is 86.6 cm³/mol. The van der Waals surface area contributed by atoms with E-state index < -0.39 is 0 Å². The molecule has 0 saturated carbocycles. The number of hydrogen-bond donors (Lipinski definition) is 1. The van der Waals surface area contributed by atoms with Crippen LogP contribution in [0.1, 0.15) is 22.3 Å². The van der Waals surface area contributed by atoms with Gasteiger partial charge < -0.3 is 9.84 Å². The van der Waals surface area contributed by atoms with E-state index >= 15 is 0 Å². The number of methoxy groups -OCH3 is 1. The molecule has 1 heterocycles. The summed E-state index contributed by atoms with van der Waals surface area (Å²) in [5.74, 6) is 1.92. The highest BCUT2D eigenvalue weighted by Crippen LogP contribution is 2.48. The normalized spacial score (nSPS) is 15.5. The van der Waals surface area contributed by atoms with Gasteiger partial charge in [0.05, 0.1) is 13.7 Å². The Kier molecular flexibility index (Phi) is 3.05. The average Bonchev–Trinajstić information content (AvgIpc) is 2.92. The largest absolute Gasteiger partial charge is 0.497 e. The second kappa shape index (κ2) is 4.93. The lowest BCUT2D eigenvalue weighted by Gasteiger charge is -2.19. The van der Waals surface area contributed by atoms with Crippen LogP contribution in [-0.2, 0) is 13.0 Å². The molecule has 1 N–H and O–H groups in total. The lowest BCUT2D eigenvalue weighted by molar-refractivity contribution is 0.282. The molecule has 0 bridgehead atoms. The topological polar surface area (TPSA) is 29.5 Å². The van der Waals surface area contributed by atoms with Crippen LogP contribution in [0.4, 0.5) is 0 Å². The monoisotopic (exact) mass is 296 g/mol. The Morgan fingerprint density at radius 2 is 2.00 bits per heavy atom. The second-order valence-electron chi connectivity index (χ2n) is 5.43. The minimum atomic E-state index is 0.108. The van der Waals surface area contributed by atoms with Gasteiger partial charge in [0.1, 0.15) is 5.75 Å². The van der Waals surface area contributed by atoms with Gasteiger partial charge in [-0.25, -0.2) is 0 Å². The van der Waals surface area contributed by atoms with Crippen LogP contribution in [-0.4, -0.2) is 18.0 Å². The zero-order valence-electron chi connectivity index (χ0n) is 11.8. The van der Waals surface area contributed by atoms with E-state index in [1.54, 1.807) is 7.11 Å². The molecule has 2 aliphatic rings. The van der Waals surface area contributed by atoms with Crippen molar-refractivity contribution >= 4 is 22.9 Å². The molecule has 0 amide bonds. The number of thioether (sulfide) groups is 1. The van der Waals surface area contributed by atoms with Crippen molar-refractivity contribution in [2.24, 2.45) is 0 Å². The quantitative estimate of drug-likeness (QED) is 0.915. The number of allylic oxidation sites excluding steroid dienone is 1. The van der Waals surface area contributed by atoms with Crippen molar-refractivity contribution in [2.75, 3.05) is 12.9 Å². The minimum absolute atomic E-state index is 0.108. The Bertz CT molecular complexity index is 762. The Hall–Kier alpha value is -1.71. The maximum Gasteiger partial charge on any atom is 0.120 e. The van der Waals surface area contributed by atoms with Crippen molar-refractivity contribution in [1.29, 1.82) is 0 Å². The number of fused-ring (bicyclic) bond motifs is 4. The predicted octanol–water partition coefficient (Wildman–Crippen LogP) is 3.76. The van der Waals surface area contributed by atoms with Crippen LogP contribution < -0.4 is 4.74 Å². The Morgan fingerprint density at radius 1 is 1.10 bits per heavy atom. The average molecular weight is 296 g/mol. The summed E-state index contributed by atoms with van der Waals surface area (Å²) in [6.45, 7) is 0.108. The van der Waals surface area contributed by atoms with E-state index in [1.807, 2.05) is 23.9 Å². The first kappa shape index (κ1) is 13.0. The molecule has 0 saturated heterocycles. The molecular weight excluding hydrogens is 280 g/mol. The van der Waals surface area contributed by atoms with E-state index in [9.17, 15) is 5.11 Å². The van der Waals surface area contributed by atoms with Crippen molar-refractivity contribution in [3.8, 4) is 5.75 Å². The van der Waals surface area contributed by atoms with Gasteiger partial charge in [0.25, 0.3) is 0 Å². The zero-order valence-corrected chi connectivity index (χ0v) is 12.7. The number of aliphatic hydroxyl groups is 1. The van der Waals surface area contributed by atoms with E-state index in [0.717, 1.165) is 23.5 Å². The summed E-state index contributed by atoms with van der Waals surface area (Å²) >= 11 is 1.87. The van der Waals surface area contributed by atoms with Gasteiger partial charge in [-0.1, -0.05) is 12.1 Å². The van der Waals surface area contributed by atoms with Crippen molar-refractivity contribution in [2.45, 2.75) is 17.9 Å². The van der Waals surface area contributed by atoms with E-state index in [-0.39, 0.29) is 6.61 Å². The molecule has 0 fully saturated rings. The molecule has 1 aliphatic carbocycles. The summed E-state index contributed by atoms with van der Waals surface area (Å²) in [5.41, 5.74) is 7.91. The maximum absolute atomic E-state index is 9.35. The van der Waals surface area contributed by atoms with Crippen molar-refractivity contribution in [3.05, 3.63) is 58.7 Å².